The van der Waals surface area contributed by atoms with Gasteiger partial charge in [-0.2, -0.15) is 0 Å². The Hall–Kier alpha value is -4.04. The van der Waals surface area contributed by atoms with Gasteiger partial charge < -0.3 is 14.9 Å². The summed E-state index contributed by atoms with van der Waals surface area (Å²) in [4.78, 5) is 24.7. The first-order chi connectivity index (χ1) is 17.4. The number of ether oxygens (including phenoxy) is 1. The number of aryl methyl sites for hydroxylation is 3. The van der Waals surface area contributed by atoms with Crippen LogP contribution in [0.3, 0.4) is 0 Å². The van der Waals surface area contributed by atoms with Crippen LogP contribution in [0.15, 0.2) is 71.5 Å². The molecule has 2 N–H and O–H groups in total. The van der Waals surface area contributed by atoms with E-state index in [9.17, 15) is 19.8 Å². The highest BCUT2D eigenvalue weighted by molar-refractivity contribution is 5.83. The largest absolute Gasteiger partial charge is 0.494 e. The van der Waals surface area contributed by atoms with Crippen molar-refractivity contribution in [1.82, 2.24) is 15.0 Å². The summed E-state index contributed by atoms with van der Waals surface area (Å²) in [5.74, 6) is -1.71. The van der Waals surface area contributed by atoms with Crippen LogP contribution in [0.4, 0.5) is 0 Å². The summed E-state index contributed by atoms with van der Waals surface area (Å²) in [7, 11) is 1.49. The van der Waals surface area contributed by atoms with Crippen molar-refractivity contribution < 1.29 is 19.7 Å². The van der Waals surface area contributed by atoms with E-state index in [4.69, 9.17) is 4.74 Å². The van der Waals surface area contributed by atoms with E-state index in [1.807, 2.05) is 31.2 Å². The van der Waals surface area contributed by atoms with Crippen molar-refractivity contribution >= 4 is 16.9 Å². The molecule has 0 radical (unpaired) electrons. The topological polar surface area (TPSA) is 115 Å². The van der Waals surface area contributed by atoms with Crippen LogP contribution in [-0.2, 0) is 17.8 Å². The molecule has 36 heavy (non-hydrogen) atoms. The number of aromatic nitrogens is 3. The van der Waals surface area contributed by atoms with E-state index in [0.717, 1.165) is 21.4 Å². The van der Waals surface area contributed by atoms with Gasteiger partial charge in [-0.3, -0.25) is 9.59 Å². The number of aliphatic hydroxyl groups is 1. The molecule has 1 aromatic heterocycles. The van der Waals surface area contributed by atoms with Crippen LogP contribution in [0, 0.1) is 12.8 Å². The molecule has 4 aromatic rings. The van der Waals surface area contributed by atoms with Gasteiger partial charge in [-0.05, 0) is 55.0 Å². The minimum Gasteiger partial charge on any atom is -0.494 e. The lowest BCUT2D eigenvalue weighted by Gasteiger charge is -2.19. The predicted molar refractivity (Wildman–Crippen MR) is 137 cm³/mol. The molecule has 186 valence electrons. The Kier molecular flexibility index (Phi) is 7.75. The fourth-order valence-electron chi connectivity index (χ4n) is 4.25. The van der Waals surface area contributed by atoms with Gasteiger partial charge in [0, 0.05) is 6.54 Å². The minimum absolute atomic E-state index is 0.0260. The molecule has 0 fully saturated rings. The van der Waals surface area contributed by atoms with Crippen molar-refractivity contribution in [2.45, 2.75) is 38.8 Å². The average molecular weight is 488 g/mol. The van der Waals surface area contributed by atoms with Crippen LogP contribution in [0.5, 0.6) is 5.75 Å². The Labute approximate surface area is 208 Å². The molecule has 0 spiro atoms. The normalized spacial score (nSPS) is 12.9. The molecule has 1 heterocycles. The fraction of sp³-hybridized carbons (Fsp3) is 0.286. The summed E-state index contributed by atoms with van der Waals surface area (Å²) < 4.78 is 6.35. The molecule has 4 rings (SSSR count). The Balaban J connectivity index is 1.39. The van der Waals surface area contributed by atoms with E-state index in [-0.39, 0.29) is 24.9 Å². The highest BCUT2D eigenvalue weighted by atomic mass is 16.5. The van der Waals surface area contributed by atoms with Gasteiger partial charge in [-0.15, -0.1) is 5.10 Å². The summed E-state index contributed by atoms with van der Waals surface area (Å²) >= 11 is 0. The second kappa shape index (κ2) is 11.1. The van der Waals surface area contributed by atoms with Gasteiger partial charge >= 0.3 is 5.97 Å². The second-order valence-electron chi connectivity index (χ2n) is 8.88. The monoisotopic (exact) mass is 487 g/mol. The zero-order chi connectivity index (χ0) is 25.7. The maximum atomic E-state index is 12.8. The highest BCUT2D eigenvalue weighted by Gasteiger charge is 2.26. The molecular formula is C28H29N3O5. The molecule has 3 aromatic carbocycles. The van der Waals surface area contributed by atoms with E-state index >= 15 is 0 Å². The smallest absolute Gasteiger partial charge is 0.309 e. The number of hydrogen-bond acceptors (Lipinski definition) is 6. The van der Waals surface area contributed by atoms with Crippen molar-refractivity contribution in [2.75, 3.05) is 7.11 Å². The number of methoxy groups -OCH3 is 1. The van der Waals surface area contributed by atoms with Gasteiger partial charge in [-0.25, -0.2) is 4.68 Å². The molecule has 0 bridgehead atoms. The van der Waals surface area contributed by atoms with E-state index in [0.29, 0.717) is 23.1 Å². The van der Waals surface area contributed by atoms with Gasteiger partial charge in [-0.1, -0.05) is 65.4 Å². The first kappa shape index (κ1) is 25.1. The number of hydrogen-bond donors (Lipinski definition) is 2. The third-order valence-electron chi connectivity index (χ3n) is 6.44. The number of aliphatic hydroxyl groups excluding tert-OH is 1. The van der Waals surface area contributed by atoms with Crippen LogP contribution in [0.1, 0.15) is 24.0 Å². The Morgan fingerprint density at radius 3 is 2.31 bits per heavy atom. The van der Waals surface area contributed by atoms with Gasteiger partial charge in [0.2, 0.25) is 0 Å². The average Bonchev–Trinajstić information content (AvgIpc) is 2.89. The molecule has 0 aliphatic rings. The number of carboxylic acid groups (broad SMARTS) is 1. The molecule has 8 nitrogen and oxygen atoms in total. The quantitative estimate of drug-likeness (QED) is 0.349. The molecule has 0 saturated carbocycles. The lowest BCUT2D eigenvalue weighted by molar-refractivity contribution is -0.146. The van der Waals surface area contributed by atoms with Crippen molar-refractivity contribution in [3.8, 4) is 16.9 Å². The number of carbonyl (C=O) groups is 1. The summed E-state index contributed by atoms with van der Waals surface area (Å²) in [5, 5.41) is 28.7. The lowest BCUT2D eigenvalue weighted by Crippen LogP contribution is -2.32. The van der Waals surface area contributed by atoms with Crippen molar-refractivity contribution in [1.29, 1.82) is 0 Å². The molecule has 0 unspecified atom stereocenters. The minimum atomic E-state index is -1.11. The van der Waals surface area contributed by atoms with Crippen molar-refractivity contribution in [3.05, 3.63) is 88.2 Å². The van der Waals surface area contributed by atoms with Crippen molar-refractivity contribution in [3.63, 3.8) is 0 Å². The number of fused-ring (bicyclic) bond motifs is 1. The molecule has 0 saturated heterocycles. The Morgan fingerprint density at radius 1 is 1.00 bits per heavy atom. The molecule has 8 heteroatoms. The van der Waals surface area contributed by atoms with E-state index < -0.39 is 18.0 Å². The first-order valence-electron chi connectivity index (χ1n) is 11.8. The number of rotatable bonds is 10. The first-order valence-corrected chi connectivity index (χ1v) is 11.8. The standard InChI is InChI=1S/C28H29N3O5/c1-18-6-11-20(12-7-18)21-13-8-19(9-14-21)10-15-24(32)22(28(34)35)16-17-31-27(33)23-4-3-5-25(36-2)26(23)29-30-31/h3-9,11-14,22,24,32H,10,15-17H2,1-2H3,(H,34,35)/t22-,24+/m0/s1. The third-order valence-corrected chi connectivity index (χ3v) is 6.44. The number of carboxylic acids is 1. The number of nitrogens with zero attached hydrogens (tertiary/aromatic N) is 3. The molecule has 0 amide bonds. The SMILES string of the molecule is COc1cccc2c(=O)n(CC[C@H](C(=O)O)[C@H](O)CCc3ccc(-c4ccc(C)cc4)cc3)nnc12. The molecular weight excluding hydrogens is 458 g/mol. The van der Waals surface area contributed by atoms with Crippen molar-refractivity contribution in [2.24, 2.45) is 5.92 Å². The molecule has 0 aliphatic heterocycles. The van der Waals surface area contributed by atoms with Crippen LogP contribution in [0.25, 0.3) is 22.0 Å². The van der Waals surface area contributed by atoms with E-state index in [2.05, 4.69) is 34.6 Å². The summed E-state index contributed by atoms with van der Waals surface area (Å²) in [6, 6.07) is 21.3. The van der Waals surface area contributed by atoms with Crippen LogP contribution < -0.4 is 10.3 Å². The van der Waals surface area contributed by atoms with Crippen LogP contribution >= 0.6 is 0 Å². The molecule has 0 aliphatic carbocycles. The Morgan fingerprint density at radius 2 is 1.67 bits per heavy atom. The van der Waals surface area contributed by atoms with E-state index in [1.165, 1.54) is 12.7 Å². The summed E-state index contributed by atoms with van der Waals surface area (Å²) in [6.07, 6.45) is -0.193. The lowest BCUT2D eigenvalue weighted by atomic mass is 9.93. The maximum absolute atomic E-state index is 12.8. The van der Waals surface area contributed by atoms with Crippen LogP contribution in [0.2, 0.25) is 0 Å². The Bertz CT molecular complexity index is 1400. The fourth-order valence-corrected chi connectivity index (χ4v) is 4.25. The van der Waals surface area contributed by atoms with Crippen LogP contribution in [-0.4, -0.2) is 44.4 Å². The zero-order valence-electron chi connectivity index (χ0n) is 20.3. The maximum Gasteiger partial charge on any atom is 0.309 e. The predicted octanol–water partition coefficient (Wildman–Crippen LogP) is 3.86. The molecule has 2 atom stereocenters. The van der Waals surface area contributed by atoms with Gasteiger partial charge in [0.1, 0.15) is 11.3 Å². The van der Waals surface area contributed by atoms with Gasteiger partial charge in [0.25, 0.3) is 5.56 Å². The number of benzene rings is 3. The number of aliphatic carboxylic acids is 1. The third kappa shape index (κ3) is 5.60. The van der Waals surface area contributed by atoms with Gasteiger partial charge in [0.05, 0.1) is 24.5 Å². The summed E-state index contributed by atoms with van der Waals surface area (Å²) in [5.41, 5.74) is 4.41. The van der Waals surface area contributed by atoms with Gasteiger partial charge in [0.15, 0.2) is 0 Å². The second-order valence-corrected chi connectivity index (χ2v) is 8.88. The summed E-state index contributed by atoms with van der Waals surface area (Å²) in [6.45, 7) is 2.08. The highest BCUT2D eigenvalue weighted by Crippen LogP contribution is 2.23. The van der Waals surface area contributed by atoms with E-state index in [1.54, 1.807) is 18.2 Å². The zero-order valence-corrected chi connectivity index (χ0v) is 20.3.